The van der Waals surface area contributed by atoms with Gasteiger partial charge in [0, 0.05) is 29.9 Å². The standard InChI is InChI=1S/C13H14FN3.ClH/c14-11-3-4-12(17-9-5-7-15-8-9)10-2-1-6-16-13(10)11;/h1-4,6,9,15,17H,5,7-8H2;1H/t9-;/m0./s1. The Hall–Kier alpha value is -1.39. The van der Waals surface area contributed by atoms with E-state index in [-0.39, 0.29) is 18.2 Å². The normalized spacial score (nSPS) is 18.6. The van der Waals surface area contributed by atoms with Gasteiger partial charge in [-0.1, -0.05) is 0 Å². The van der Waals surface area contributed by atoms with Crippen molar-refractivity contribution in [3.8, 4) is 0 Å². The minimum Gasteiger partial charge on any atom is -0.380 e. The number of aromatic nitrogens is 1. The van der Waals surface area contributed by atoms with E-state index in [1.165, 1.54) is 6.07 Å². The fraction of sp³-hybridized carbons (Fsp3) is 0.308. The van der Waals surface area contributed by atoms with Crippen LogP contribution in [0.1, 0.15) is 6.42 Å². The number of pyridine rings is 1. The van der Waals surface area contributed by atoms with Crippen molar-refractivity contribution in [1.29, 1.82) is 0 Å². The van der Waals surface area contributed by atoms with E-state index in [1.807, 2.05) is 12.1 Å². The first-order chi connectivity index (χ1) is 8.34. The summed E-state index contributed by atoms with van der Waals surface area (Å²) < 4.78 is 13.6. The molecule has 0 spiro atoms. The van der Waals surface area contributed by atoms with Gasteiger partial charge in [-0.25, -0.2) is 4.39 Å². The Balaban J connectivity index is 0.00000120. The van der Waals surface area contributed by atoms with Crippen molar-refractivity contribution in [1.82, 2.24) is 10.3 Å². The van der Waals surface area contributed by atoms with E-state index in [1.54, 1.807) is 12.3 Å². The first-order valence-electron chi connectivity index (χ1n) is 5.85. The fourth-order valence-corrected chi connectivity index (χ4v) is 2.26. The van der Waals surface area contributed by atoms with Gasteiger partial charge < -0.3 is 10.6 Å². The van der Waals surface area contributed by atoms with Crippen molar-refractivity contribution < 1.29 is 4.39 Å². The highest BCUT2D eigenvalue weighted by atomic mass is 35.5. The van der Waals surface area contributed by atoms with E-state index in [9.17, 15) is 4.39 Å². The van der Waals surface area contributed by atoms with Crippen LogP contribution in [-0.4, -0.2) is 24.1 Å². The molecule has 1 aromatic heterocycles. The maximum absolute atomic E-state index is 13.6. The third-order valence-corrected chi connectivity index (χ3v) is 3.14. The second-order valence-electron chi connectivity index (χ2n) is 4.33. The molecule has 96 valence electrons. The molecule has 3 rings (SSSR count). The van der Waals surface area contributed by atoms with Gasteiger partial charge >= 0.3 is 0 Å². The molecule has 0 aliphatic carbocycles. The summed E-state index contributed by atoms with van der Waals surface area (Å²) in [5, 5.41) is 7.59. The van der Waals surface area contributed by atoms with Crippen LogP contribution in [0.25, 0.3) is 10.9 Å². The summed E-state index contributed by atoms with van der Waals surface area (Å²) in [5.74, 6) is -0.268. The zero-order valence-electron chi connectivity index (χ0n) is 9.82. The van der Waals surface area contributed by atoms with E-state index < -0.39 is 0 Å². The van der Waals surface area contributed by atoms with Crippen LogP contribution in [0.5, 0.6) is 0 Å². The molecule has 0 saturated carbocycles. The van der Waals surface area contributed by atoms with Gasteiger partial charge in [-0.3, -0.25) is 4.98 Å². The minimum atomic E-state index is -0.268. The van der Waals surface area contributed by atoms with Gasteiger partial charge in [0.05, 0.1) is 0 Å². The predicted octanol–water partition coefficient (Wildman–Crippen LogP) is 2.57. The van der Waals surface area contributed by atoms with Crippen molar-refractivity contribution in [3.05, 3.63) is 36.3 Å². The van der Waals surface area contributed by atoms with E-state index >= 15 is 0 Å². The molecule has 1 aliphatic heterocycles. The van der Waals surface area contributed by atoms with Crippen LogP contribution in [0.2, 0.25) is 0 Å². The number of rotatable bonds is 2. The van der Waals surface area contributed by atoms with Crippen LogP contribution >= 0.6 is 12.4 Å². The Morgan fingerprint density at radius 1 is 1.33 bits per heavy atom. The molecular formula is C13H15ClFN3. The highest BCUT2D eigenvalue weighted by Crippen LogP contribution is 2.25. The van der Waals surface area contributed by atoms with Crippen molar-refractivity contribution in [2.24, 2.45) is 0 Å². The molecule has 1 aliphatic rings. The highest BCUT2D eigenvalue weighted by molar-refractivity contribution is 5.91. The molecule has 1 atom stereocenters. The monoisotopic (exact) mass is 267 g/mol. The molecule has 0 bridgehead atoms. The van der Waals surface area contributed by atoms with Crippen LogP contribution in [0, 0.1) is 5.82 Å². The van der Waals surface area contributed by atoms with Gasteiger partial charge in [0.1, 0.15) is 11.3 Å². The first-order valence-corrected chi connectivity index (χ1v) is 5.85. The number of benzene rings is 1. The molecule has 5 heteroatoms. The Morgan fingerprint density at radius 3 is 3.00 bits per heavy atom. The number of anilines is 1. The zero-order valence-corrected chi connectivity index (χ0v) is 10.6. The molecule has 1 fully saturated rings. The number of nitrogens with zero attached hydrogens (tertiary/aromatic N) is 1. The van der Waals surface area contributed by atoms with Crippen LogP contribution < -0.4 is 10.6 Å². The molecule has 1 saturated heterocycles. The van der Waals surface area contributed by atoms with Crippen molar-refractivity contribution in [2.75, 3.05) is 18.4 Å². The summed E-state index contributed by atoms with van der Waals surface area (Å²) in [6, 6.07) is 7.41. The zero-order chi connectivity index (χ0) is 11.7. The molecular weight excluding hydrogens is 253 g/mol. The van der Waals surface area contributed by atoms with Crippen molar-refractivity contribution in [2.45, 2.75) is 12.5 Å². The van der Waals surface area contributed by atoms with Crippen LogP contribution in [0.15, 0.2) is 30.5 Å². The van der Waals surface area contributed by atoms with Crippen LogP contribution in [-0.2, 0) is 0 Å². The predicted molar refractivity (Wildman–Crippen MR) is 73.8 cm³/mol. The summed E-state index contributed by atoms with van der Waals surface area (Å²) in [6.45, 7) is 1.99. The average molecular weight is 268 g/mol. The fourth-order valence-electron chi connectivity index (χ4n) is 2.26. The lowest BCUT2D eigenvalue weighted by Crippen LogP contribution is -2.22. The van der Waals surface area contributed by atoms with Crippen molar-refractivity contribution >= 4 is 29.0 Å². The molecule has 18 heavy (non-hydrogen) atoms. The second kappa shape index (κ2) is 5.50. The van der Waals surface area contributed by atoms with Gasteiger partial charge in [0.25, 0.3) is 0 Å². The van der Waals surface area contributed by atoms with Crippen LogP contribution in [0.3, 0.4) is 0 Å². The Kier molecular flexibility index (Phi) is 3.99. The first kappa shape index (κ1) is 13.1. The Morgan fingerprint density at radius 2 is 2.22 bits per heavy atom. The number of fused-ring (bicyclic) bond motifs is 1. The molecule has 2 aromatic rings. The third-order valence-electron chi connectivity index (χ3n) is 3.14. The second-order valence-corrected chi connectivity index (χ2v) is 4.33. The maximum atomic E-state index is 13.6. The number of nitrogens with one attached hydrogen (secondary N) is 2. The summed E-state index contributed by atoms with van der Waals surface area (Å²) in [4.78, 5) is 4.09. The van der Waals surface area contributed by atoms with Crippen LogP contribution in [0.4, 0.5) is 10.1 Å². The molecule has 2 heterocycles. The summed E-state index contributed by atoms with van der Waals surface area (Å²) >= 11 is 0. The minimum absolute atomic E-state index is 0. The van der Waals surface area contributed by atoms with Gasteiger partial charge in [-0.2, -0.15) is 0 Å². The van der Waals surface area contributed by atoms with E-state index in [2.05, 4.69) is 15.6 Å². The molecule has 0 amide bonds. The third kappa shape index (κ3) is 2.40. The molecule has 2 N–H and O–H groups in total. The Labute approximate surface area is 111 Å². The largest absolute Gasteiger partial charge is 0.380 e. The maximum Gasteiger partial charge on any atom is 0.149 e. The van der Waals surface area contributed by atoms with E-state index in [4.69, 9.17) is 0 Å². The molecule has 0 unspecified atom stereocenters. The Bertz CT molecular complexity index is 541. The summed E-state index contributed by atoms with van der Waals surface area (Å²) in [7, 11) is 0. The molecule has 1 aromatic carbocycles. The average Bonchev–Trinajstić information content (AvgIpc) is 2.86. The van der Waals surface area contributed by atoms with Gasteiger partial charge in [-0.15, -0.1) is 12.4 Å². The summed E-state index contributed by atoms with van der Waals surface area (Å²) in [5.41, 5.74) is 1.40. The summed E-state index contributed by atoms with van der Waals surface area (Å²) in [6.07, 6.45) is 2.71. The van der Waals surface area contributed by atoms with Gasteiger partial charge in [-0.05, 0) is 37.2 Å². The lowest BCUT2D eigenvalue weighted by atomic mass is 10.1. The SMILES string of the molecule is Cl.Fc1ccc(N[C@H]2CCNC2)c2cccnc12. The highest BCUT2D eigenvalue weighted by Gasteiger charge is 2.15. The van der Waals surface area contributed by atoms with Gasteiger partial charge in [0.2, 0.25) is 0 Å². The number of hydrogen-bond donors (Lipinski definition) is 2. The van der Waals surface area contributed by atoms with E-state index in [0.29, 0.717) is 11.6 Å². The quantitative estimate of drug-likeness (QED) is 0.878. The molecule has 3 nitrogen and oxygen atoms in total. The van der Waals surface area contributed by atoms with Crippen molar-refractivity contribution in [3.63, 3.8) is 0 Å². The van der Waals surface area contributed by atoms with E-state index in [0.717, 1.165) is 30.6 Å². The number of halogens is 2. The lowest BCUT2D eigenvalue weighted by molar-refractivity contribution is 0.637. The smallest absolute Gasteiger partial charge is 0.149 e. The van der Waals surface area contributed by atoms with Gasteiger partial charge in [0.15, 0.2) is 0 Å². The molecule has 0 radical (unpaired) electrons. The lowest BCUT2D eigenvalue weighted by Gasteiger charge is -2.14. The topological polar surface area (TPSA) is 37.0 Å². The number of hydrogen-bond acceptors (Lipinski definition) is 3.